The van der Waals surface area contributed by atoms with E-state index in [4.69, 9.17) is 11.6 Å². The highest BCUT2D eigenvalue weighted by Crippen LogP contribution is 2.08. The van der Waals surface area contributed by atoms with Gasteiger partial charge in [0, 0.05) is 17.4 Å². The van der Waals surface area contributed by atoms with Gasteiger partial charge in [-0.1, -0.05) is 11.6 Å². The molecule has 2 rings (SSSR count). The first-order valence-electron chi connectivity index (χ1n) is 3.36. The standard InChI is InChI=1S/C7H4ClN2.Al.2H/c8-6-1-3-10-4-2-9-7(10)5-6;;;/h1-3,5H;;;. The molecular weight excluding hydrogens is 175 g/mol. The number of hydrogen-bond donors (Lipinski definition) is 0. The van der Waals surface area contributed by atoms with Crippen molar-refractivity contribution in [2.75, 3.05) is 0 Å². The topological polar surface area (TPSA) is 17.3 Å². The monoisotopic (exact) mass is 180 g/mol. The molecule has 0 aliphatic carbocycles. The molecular formula is C7H6AlClN2. The van der Waals surface area contributed by atoms with Crippen molar-refractivity contribution in [1.82, 2.24) is 9.38 Å². The fraction of sp³-hybridized carbons (Fsp3) is 0. The summed E-state index contributed by atoms with van der Waals surface area (Å²) >= 11 is 6.80. The zero-order valence-electron chi connectivity index (χ0n) is 6.08. The number of nitrogens with zero attached hydrogens (tertiary/aromatic N) is 2. The molecule has 0 unspecified atom stereocenters. The minimum atomic E-state index is 0.741. The van der Waals surface area contributed by atoms with Gasteiger partial charge >= 0.3 is 0 Å². The summed E-state index contributed by atoms with van der Waals surface area (Å²) in [6.45, 7) is 0. The van der Waals surface area contributed by atoms with Crippen LogP contribution in [0.1, 0.15) is 0 Å². The van der Waals surface area contributed by atoms with E-state index in [0.29, 0.717) is 0 Å². The number of halogens is 1. The molecule has 2 aromatic heterocycles. The van der Waals surface area contributed by atoms with E-state index in [-0.39, 0.29) is 0 Å². The molecule has 0 atom stereocenters. The van der Waals surface area contributed by atoms with Crippen LogP contribution in [0, 0.1) is 0 Å². The molecule has 0 aromatic carbocycles. The first kappa shape index (κ1) is 7.18. The van der Waals surface area contributed by atoms with Gasteiger partial charge in [0.15, 0.2) is 0 Å². The third kappa shape index (κ3) is 1.16. The smallest absolute Gasteiger partial charge is 0.289 e. The Labute approximate surface area is 77.2 Å². The van der Waals surface area contributed by atoms with Crippen molar-refractivity contribution in [3.8, 4) is 0 Å². The van der Waals surface area contributed by atoms with Crippen LogP contribution in [-0.4, -0.2) is 25.7 Å². The van der Waals surface area contributed by atoms with Crippen molar-refractivity contribution in [2.24, 2.45) is 0 Å². The number of aromatic nitrogens is 2. The molecule has 0 aliphatic rings. The van der Waals surface area contributed by atoms with Crippen molar-refractivity contribution in [3.63, 3.8) is 0 Å². The Hall–Kier alpha value is -0.488. The lowest BCUT2D eigenvalue weighted by molar-refractivity contribution is 1.22. The summed E-state index contributed by atoms with van der Waals surface area (Å²) in [5.74, 6) is 0. The average molecular weight is 181 g/mol. The zero-order valence-corrected chi connectivity index (χ0v) is 8.84. The van der Waals surface area contributed by atoms with Gasteiger partial charge in [-0.2, -0.15) is 0 Å². The first-order chi connectivity index (χ1) is 5.27. The summed E-state index contributed by atoms with van der Waals surface area (Å²) in [7, 11) is 0. The molecule has 2 nitrogen and oxygen atoms in total. The van der Waals surface area contributed by atoms with Gasteiger partial charge in [-0.05, 0) is 16.7 Å². The molecule has 0 radical (unpaired) electrons. The van der Waals surface area contributed by atoms with Gasteiger partial charge in [0.2, 0.25) is 0 Å². The fourth-order valence-corrected chi connectivity index (χ4v) is 1.74. The van der Waals surface area contributed by atoms with Crippen molar-refractivity contribution in [1.29, 1.82) is 0 Å². The van der Waals surface area contributed by atoms with Crippen LogP contribution in [-0.2, 0) is 0 Å². The Morgan fingerprint density at radius 3 is 3.18 bits per heavy atom. The predicted molar refractivity (Wildman–Crippen MR) is 48.4 cm³/mol. The van der Waals surface area contributed by atoms with Crippen LogP contribution >= 0.6 is 11.6 Å². The summed E-state index contributed by atoms with van der Waals surface area (Å²) < 4.78 is 3.31. The highest BCUT2D eigenvalue weighted by atomic mass is 35.5. The Morgan fingerprint density at radius 2 is 2.36 bits per heavy atom. The maximum atomic E-state index is 5.79. The van der Waals surface area contributed by atoms with Crippen LogP contribution in [0.25, 0.3) is 5.65 Å². The van der Waals surface area contributed by atoms with E-state index in [9.17, 15) is 0 Å². The normalized spacial score (nSPS) is 10.6. The summed E-state index contributed by atoms with van der Waals surface area (Å²) in [5, 5.41) is 0.741. The van der Waals surface area contributed by atoms with E-state index in [1.807, 2.05) is 24.5 Å². The quantitative estimate of drug-likeness (QED) is 0.531. The molecule has 54 valence electrons. The highest BCUT2D eigenvalue weighted by molar-refractivity contribution is 6.32. The Balaban J connectivity index is 2.86. The lowest BCUT2D eigenvalue weighted by Gasteiger charge is -1.95. The van der Waals surface area contributed by atoms with Gasteiger partial charge in [0.25, 0.3) is 16.3 Å². The summed E-state index contributed by atoms with van der Waals surface area (Å²) in [5.41, 5.74) is 0.933. The van der Waals surface area contributed by atoms with Crippen molar-refractivity contribution >= 4 is 38.1 Å². The SMILES string of the molecule is [AlH2][c]1cnc2cc(Cl)ccn12. The first-order valence-corrected chi connectivity index (χ1v) is 4.74. The van der Waals surface area contributed by atoms with Crippen LogP contribution in [0.3, 0.4) is 0 Å². The van der Waals surface area contributed by atoms with Gasteiger partial charge in [-0.15, -0.1) is 0 Å². The molecule has 11 heavy (non-hydrogen) atoms. The minimum absolute atomic E-state index is 0.741. The molecule has 0 amide bonds. The van der Waals surface area contributed by atoms with Crippen LogP contribution in [0.5, 0.6) is 0 Å². The Kier molecular flexibility index (Phi) is 1.65. The molecule has 2 aromatic rings. The van der Waals surface area contributed by atoms with Crippen LogP contribution < -0.4 is 4.56 Å². The predicted octanol–water partition coefficient (Wildman–Crippen LogP) is 0.246. The van der Waals surface area contributed by atoms with Crippen LogP contribution in [0.15, 0.2) is 24.5 Å². The second-order valence-corrected chi connectivity index (χ2v) is 3.93. The molecule has 0 saturated heterocycles. The third-order valence-corrected chi connectivity index (χ3v) is 2.64. The lowest BCUT2D eigenvalue weighted by Crippen LogP contribution is -2.07. The molecule has 0 N–H and O–H groups in total. The number of hydrogen-bond acceptors (Lipinski definition) is 1. The summed E-state index contributed by atoms with van der Waals surface area (Å²) in [4.78, 5) is 4.19. The lowest BCUT2D eigenvalue weighted by atomic mass is 10.5. The maximum Gasteiger partial charge on any atom is 0.289 e. The van der Waals surface area contributed by atoms with E-state index in [2.05, 4.69) is 9.38 Å². The largest absolute Gasteiger partial charge is 0.322 e. The van der Waals surface area contributed by atoms with E-state index >= 15 is 0 Å². The summed E-state index contributed by atoms with van der Waals surface area (Å²) in [6, 6.07) is 3.74. The second-order valence-electron chi connectivity index (χ2n) is 2.47. The van der Waals surface area contributed by atoms with E-state index in [0.717, 1.165) is 27.0 Å². The van der Waals surface area contributed by atoms with E-state index in [1.54, 1.807) is 0 Å². The molecule has 0 spiro atoms. The maximum absolute atomic E-state index is 5.79. The fourth-order valence-electron chi connectivity index (χ4n) is 1.08. The molecule has 4 heteroatoms. The van der Waals surface area contributed by atoms with E-state index < -0.39 is 0 Å². The number of imidazole rings is 1. The second kappa shape index (κ2) is 2.53. The highest BCUT2D eigenvalue weighted by Gasteiger charge is 1.96. The van der Waals surface area contributed by atoms with Gasteiger partial charge in [0.05, 0.1) is 0 Å². The molecule has 0 saturated carbocycles. The number of pyridine rings is 1. The van der Waals surface area contributed by atoms with Crippen molar-refractivity contribution < 1.29 is 0 Å². The van der Waals surface area contributed by atoms with Crippen molar-refractivity contribution in [2.45, 2.75) is 0 Å². The van der Waals surface area contributed by atoms with Gasteiger partial charge in [0.1, 0.15) is 5.65 Å². The molecule has 0 bridgehead atoms. The van der Waals surface area contributed by atoms with Crippen LogP contribution in [0.4, 0.5) is 0 Å². The zero-order chi connectivity index (χ0) is 7.84. The van der Waals surface area contributed by atoms with Crippen molar-refractivity contribution in [3.05, 3.63) is 29.5 Å². The van der Waals surface area contributed by atoms with Gasteiger partial charge in [-0.3, -0.25) is 0 Å². The van der Waals surface area contributed by atoms with Crippen LogP contribution in [0.2, 0.25) is 5.02 Å². The van der Waals surface area contributed by atoms with Gasteiger partial charge < -0.3 is 4.40 Å². The molecule has 2 heterocycles. The number of fused-ring (bicyclic) bond motifs is 1. The third-order valence-electron chi connectivity index (χ3n) is 1.66. The number of rotatable bonds is 0. The Morgan fingerprint density at radius 1 is 1.55 bits per heavy atom. The van der Waals surface area contributed by atoms with Gasteiger partial charge in [-0.25, -0.2) is 4.98 Å². The molecule has 0 fully saturated rings. The summed E-state index contributed by atoms with van der Waals surface area (Å²) in [6.07, 6.45) is 3.84. The average Bonchev–Trinajstić information content (AvgIpc) is 2.32. The molecule has 0 aliphatic heterocycles. The van der Waals surface area contributed by atoms with E-state index in [1.165, 1.54) is 4.56 Å². The Bertz CT molecular complexity index is 396. The minimum Gasteiger partial charge on any atom is -0.322 e.